The number of nitrogens with two attached hydrogens (primary N) is 1. The van der Waals surface area contributed by atoms with Crippen molar-refractivity contribution in [3.05, 3.63) is 28.8 Å². The second-order valence-electron chi connectivity index (χ2n) is 5.33. The summed E-state index contributed by atoms with van der Waals surface area (Å²) in [6.45, 7) is 6.51. The van der Waals surface area contributed by atoms with E-state index < -0.39 is 0 Å². The lowest BCUT2D eigenvalue weighted by Gasteiger charge is -2.19. The molecule has 0 aliphatic carbocycles. The lowest BCUT2D eigenvalue weighted by atomic mass is 10.0. The van der Waals surface area contributed by atoms with E-state index in [1.807, 2.05) is 13.0 Å². The molecule has 4 nitrogen and oxygen atoms in total. The van der Waals surface area contributed by atoms with E-state index in [1.165, 1.54) is 0 Å². The van der Waals surface area contributed by atoms with Gasteiger partial charge in [-0.05, 0) is 43.0 Å². The molecule has 0 saturated carbocycles. The van der Waals surface area contributed by atoms with Gasteiger partial charge in [0.1, 0.15) is 5.75 Å². The van der Waals surface area contributed by atoms with Gasteiger partial charge in [0.05, 0.1) is 0 Å². The summed E-state index contributed by atoms with van der Waals surface area (Å²) in [5, 5.41) is 3.56. The molecule has 0 saturated heterocycles. The molecule has 1 aromatic rings. The monoisotopic (exact) mass is 334 g/mol. The molecule has 1 amide bonds. The Hall–Kier alpha value is -0.970. The van der Waals surface area contributed by atoms with E-state index in [2.05, 4.69) is 19.2 Å². The molecule has 1 atom stereocenters. The van der Waals surface area contributed by atoms with E-state index in [4.69, 9.17) is 22.1 Å². The Balaban J connectivity index is 0.00000400. The van der Waals surface area contributed by atoms with Gasteiger partial charge in [-0.1, -0.05) is 25.4 Å². The smallest absolute Gasteiger partial charge is 0.258 e. The largest absolute Gasteiger partial charge is 0.484 e. The summed E-state index contributed by atoms with van der Waals surface area (Å²) in [6, 6.07) is 5.31. The number of benzene rings is 1. The van der Waals surface area contributed by atoms with Gasteiger partial charge in [-0.15, -0.1) is 12.4 Å². The molecule has 3 N–H and O–H groups in total. The summed E-state index contributed by atoms with van der Waals surface area (Å²) in [4.78, 5) is 11.8. The number of rotatable bonds is 7. The highest BCUT2D eigenvalue weighted by Gasteiger charge is 2.12. The lowest BCUT2D eigenvalue weighted by molar-refractivity contribution is -0.123. The van der Waals surface area contributed by atoms with Crippen LogP contribution in [0.1, 0.15) is 25.8 Å². The summed E-state index contributed by atoms with van der Waals surface area (Å²) in [7, 11) is 0. The van der Waals surface area contributed by atoms with Crippen LogP contribution in [0.25, 0.3) is 0 Å². The first-order chi connectivity index (χ1) is 9.42. The van der Waals surface area contributed by atoms with Crippen LogP contribution < -0.4 is 15.8 Å². The first-order valence-corrected chi connectivity index (χ1v) is 7.18. The van der Waals surface area contributed by atoms with Gasteiger partial charge in [0.15, 0.2) is 6.61 Å². The standard InChI is InChI=1S/C15H23ClN2O2.ClH/c1-10(2)6-12(8-17)18-15(19)9-20-13-4-5-14(16)11(3)7-13;/h4-5,7,10,12H,6,8-9,17H2,1-3H3,(H,18,19);1H. The number of halogens is 2. The number of carbonyl (C=O) groups is 1. The van der Waals surface area contributed by atoms with Crippen molar-refractivity contribution >= 4 is 29.9 Å². The minimum atomic E-state index is -0.159. The molecule has 6 heteroatoms. The zero-order chi connectivity index (χ0) is 15.1. The Morgan fingerprint density at radius 1 is 1.43 bits per heavy atom. The van der Waals surface area contributed by atoms with Crippen molar-refractivity contribution in [2.24, 2.45) is 11.7 Å². The molecule has 0 radical (unpaired) electrons. The molecule has 0 aliphatic heterocycles. The Kier molecular flexibility index (Phi) is 9.42. The van der Waals surface area contributed by atoms with Crippen LogP contribution in [0.2, 0.25) is 5.02 Å². The fourth-order valence-corrected chi connectivity index (χ4v) is 2.03. The molecule has 1 aromatic carbocycles. The molecule has 1 unspecified atom stereocenters. The normalized spacial score (nSPS) is 11.7. The summed E-state index contributed by atoms with van der Waals surface area (Å²) >= 11 is 5.93. The molecule has 21 heavy (non-hydrogen) atoms. The van der Waals surface area contributed by atoms with E-state index in [-0.39, 0.29) is 31.0 Å². The molecule has 1 rings (SSSR count). The predicted molar refractivity (Wildman–Crippen MR) is 89.4 cm³/mol. The van der Waals surface area contributed by atoms with Crippen molar-refractivity contribution < 1.29 is 9.53 Å². The average Bonchev–Trinajstić information content (AvgIpc) is 2.39. The van der Waals surface area contributed by atoms with Crippen molar-refractivity contribution in [3.8, 4) is 5.75 Å². The average molecular weight is 335 g/mol. The van der Waals surface area contributed by atoms with Crippen LogP contribution in [0.15, 0.2) is 18.2 Å². The van der Waals surface area contributed by atoms with Crippen LogP contribution in [0.4, 0.5) is 0 Å². The molecular weight excluding hydrogens is 311 g/mol. The third-order valence-corrected chi connectivity index (χ3v) is 3.33. The van der Waals surface area contributed by atoms with Gasteiger partial charge < -0.3 is 15.8 Å². The molecular formula is C15H24Cl2N2O2. The van der Waals surface area contributed by atoms with Crippen LogP contribution in [0.5, 0.6) is 5.75 Å². The van der Waals surface area contributed by atoms with Crippen LogP contribution in [0.3, 0.4) is 0 Å². The summed E-state index contributed by atoms with van der Waals surface area (Å²) in [6.07, 6.45) is 0.863. The number of hydrogen-bond acceptors (Lipinski definition) is 3. The van der Waals surface area contributed by atoms with Crippen molar-refractivity contribution in [3.63, 3.8) is 0 Å². The van der Waals surface area contributed by atoms with E-state index in [0.29, 0.717) is 23.2 Å². The quantitative estimate of drug-likeness (QED) is 0.805. The van der Waals surface area contributed by atoms with E-state index in [0.717, 1.165) is 12.0 Å². The number of nitrogens with one attached hydrogen (secondary N) is 1. The molecule has 0 heterocycles. The number of amides is 1. The van der Waals surface area contributed by atoms with Gasteiger partial charge in [0.25, 0.3) is 5.91 Å². The molecule has 0 aliphatic rings. The SMILES string of the molecule is Cc1cc(OCC(=O)NC(CN)CC(C)C)ccc1Cl.Cl. The van der Waals surface area contributed by atoms with E-state index in [9.17, 15) is 4.79 Å². The van der Waals surface area contributed by atoms with Crippen molar-refractivity contribution in [2.45, 2.75) is 33.2 Å². The van der Waals surface area contributed by atoms with Gasteiger partial charge in [-0.2, -0.15) is 0 Å². The van der Waals surface area contributed by atoms with Crippen molar-refractivity contribution in [1.82, 2.24) is 5.32 Å². The molecule has 0 spiro atoms. The van der Waals surface area contributed by atoms with Gasteiger partial charge >= 0.3 is 0 Å². The Morgan fingerprint density at radius 2 is 2.10 bits per heavy atom. The summed E-state index contributed by atoms with van der Waals surface area (Å²) in [5.74, 6) is 0.965. The number of hydrogen-bond donors (Lipinski definition) is 2. The maximum absolute atomic E-state index is 11.8. The first kappa shape index (κ1) is 20.0. The Morgan fingerprint density at radius 3 is 2.62 bits per heavy atom. The summed E-state index contributed by atoms with van der Waals surface area (Å²) < 4.78 is 5.44. The minimum Gasteiger partial charge on any atom is -0.484 e. The second-order valence-corrected chi connectivity index (χ2v) is 5.74. The van der Waals surface area contributed by atoms with Gasteiger partial charge in [0.2, 0.25) is 0 Å². The molecule has 0 aromatic heterocycles. The highest BCUT2D eigenvalue weighted by atomic mass is 35.5. The van der Waals surface area contributed by atoms with E-state index >= 15 is 0 Å². The van der Waals surface area contributed by atoms with Crippen molar-refractivity contribution in [1.29, 1.82) is 0 Å². The summed E-state index contributed by atoms with van der Waals surface area (Å²) in [5.41, 5.74) is 6.56. The topological polar surface area (TPSA) is 64.3 Å². The number of ether oxygens (including phenoxy) is 1. The Labute approximate surface area is 137 Å². The zero-order valence-electron chi connectivity index (χ0n) is 12.7. The first-order valence-electron chi connectivity index (χ1n) is 6.80. The van der Waals surface area contributed by atoms with Crippen LogP contribution in [0, 0.1) is 12.8 Å². The van der Waals surface area contributed by atoms with E-state index in [1.54, 1.807) is 12.1 Å². The van der Waals surface area contributed by atoms with Crippen LogP contribution in [-0.4, -0.2) is 25.1 Å². The molecule has 120 valence electrons. The maximum atomic E-state index is 11.8. The highest BCUT2D eigenvalue weighted by Crippen LogP contribution is 2.20. The molecule has 0 bridgehead atoms. The van der Waals surface area contributed by atoms with Gasteiger partial charge in [-0.25, -0.2) is 0 Å². The maximum Gasteiger partial charge on any atom is 0.258 e. The Bertz CT molecular complexity index is 453. The predicted octanol–water partition coefficient (Wildman–Crippen LogP) is 2.94. The fourth-order valence-electron chi connectivity index (χ4n) is 1.91. The fraction of sp³-hybridized carbons (Fsp3) is 0.533. The minimum absolute atomic E-state index is 0. The van der Waals surface area contributed by atoms with Crippen LogP contribution in [-0.2, 0) is 4.79 Å². The third-order valence-electron chi connectivity index (χ3n) is 2.90. The van der Waals surface area contributed by atoms with Gasteiger partial charge in [0, 0.05) is 17.6 Å². The van der Waals surface area contributed by atoms with Crippen LogP contribution >= 0.6 is 24.0 Å². The lowest BCUT2D eigenvalue weighted by Crippen LogP contribution is -2.43. The second kappa shape index (κ2) is 9.87. The third kappa shape index (κ3) is 7.55. The number of aryl methyl sites for hydroxylation is 1. The van der Waals surface area contributed by atoms with Gasteiger partial charge in [-0.3, -0.25) is 4.79 Å². The molecule has 0 fully saturated rings. The highest BCUT2D eigenvalue weighted by molar-refractivity contribution is 6.31. The zero-order valence-corrected chi connectivity index (χ0v) is 14.3. The van der Waals surface area contributed by atoms with Crippen molar-refractivity contribution in [2.75, 3.05) is 13.2 Å². The number of carbonyl (C=O) groups excluding carboxylic acids is 1.